The van der Waals surface area contributed by atoms with E-state index in [1.807, 2.05) is 0 Å². The summed E-state index contributed by atoms with van der Waals surface area (Å²) in [6, 6.07) is 4.77. The van der Waals surface area contributed by atoms with E-state index in [4.69, 9.17) is 20.4 Å². The molecule has 31 heavy (non-hydrogen) atoms. The van der Waals surface area contributed by atoms with Crippen molar-refractivity contribution in [3.05, 3.63) is 39.9 Å². The molecule has 0 saturated heterocycles. The molecule has 1 rings (SSSR count). The molecule has 0 aromatic heterocycles. The van der Waals surface area contributed by atoms with Crippen LogP contribution in [0.1, 0.15) is 12.0 Å². The van der Waals surface area contributed by atoms with E-state index in [9.17, 15) is 29.3 Å². The molecule has 0 spiro atoms. The van der Waals surface area contributed by atoms with Gasteiger partial charge in [0.2, 0.25) is 0 Å². The molecular weight excluding hydrogens is 418 g/mol. The Morgan fingerprint density at radius 1 is 0.839 bits per heavy atom. The summed E-state index contributed by atoms with van der Waals surface area (Å²) >= 11 is 0. The van der Waals surface area contributed by atoms with Gasteiger partial charge in [-0.25, -0.2) is 0 Å². The third kappa shape index (κ3) is 10.1. The van der Waals surface area contributed by atoms with Crippen LogP contribution in [0.3, 0.4) is 0 Å². The molecule has 1 atom stereocenters. The minimum absolute atomic E-state index is 0.118. The van der Waals surface area contributed by atoms with Crippen LogP contribution in [0.2, 0.25) is 0 Å². The van der Waals surface area contributed by atoms with Gasteiger partial charge in [0.15, 0.2) is 0 Å². The Kier molecular flexibility index (Phi) is 10.0. The lowest BCUT2D eigenvalue weighted by Gasteiger charge is -2.33. The van der Waals surface area contributed by atoms with Gasteiger partial charge in [0.05, 0.1) is 31.1 Å². The van der Waals surface area contributed by atoms with Gasteiger partial charge in [0.25, 0.3) is 5.69 Å². The van der Waals surface area contributed by atoms with Gasteiger partial charge >= 0.3 is 23.9 Å². The molecule has 0 radical (unpaired) electrons. The summed E-state index contributed by atoms with van der Waals surface area (Å²) < 4.78 is 0. The number of non-ortho nitro benzene ring substituents is 1. The highest BCUT2D eigenvalue weighted by Gasteiger charge is 2.27. The second-order valence-corrected chi connectivity index (χ2v) is 6.77. The third-order valence-electron chi connectivity index (χ3n) is 4.29. The van der Waals surface area contributed by atoms with Crippen molar-refractivity contribution in [1.82, 2.24) is 9.80 Å². The normalized spacial score (nSPS) is 11.9. The zero-order chi connectivity index (χ0) is 23.6. The number of nitro benzene ring substituents is 1. The quantitative estimate of drug-likeness (QED) is 0.207. The standard InChI is InChI=1S/C18H23N3O10/c22-15(23)8-19(9-16(24)25)7-14(20(10-17(26)27)11-18(28)29)6-3-12-1-4-13(5-2-12)21(30)31/h1-2,4-5,14H,3,6-11H2,(H,22,23)(H,24,25)(H,26,27)(H,28,29). The number of nitro groups is 1. The molecule has 0 aliphatic heterocycles. The Hall–Kier alpha value is -3.58. The maximum absolute atomic E-state index is 11.2. The van der Waals surface area contributed by atoms with Crippen molar-refractivity contribution in [2.45, 2.75) is 18.9 Å². The zero-order valence-electron chi connectivity index (χ0n) is 16.4. The van der Waals surface area contributed by atoms with E-state index in [-0.39, 0.29) is 25.1 Å². The summed E-state index contributed by atoms with van der Waals surface area (Å²) in [5.41, 5.74) is 0.539. The Morgan fingerprint density at radius 2 is 1.29 bits per heavy atom. The number of aryl methyl sites for hydroxylation is 1. The maximum atomic E-state index is 11.2. The number of carbonyl (C=O) groups is 4. The molecule has 0 amide bonds. The van der Waals surface area contributed by atoms with Crippen LogP contribution in [-0.2, 0) is 25.6 Å². The summed E-state index contributed by atoms with van der Waals surface area (Å²) in [6.45, 7) is -2.76. The fraction of sp³-hybridized carbons (Fsp3) is 0.444. The van der Waals surface area contributed by atoms with Gasteiger partial charge < -0.3 is 20.4 Å². The third-order valence-corrected chi connectivity index (χ3v) is 4.29. The zero-order valence-corrected chi connectivity index (χ0v) is 16.4. The van der Waals surface area contributed by atoms with E-state index < -0.39 is 61.0 Å². The number of nitrogens with zero attached hydrogens (tertiary/aromatic N) is 3. The van der Waals surface area contributed by atoms with Crippen LogP contribution >= 0.6 is 0 Å². The Morgan fingerprint density at radius 3 is 1.68 bits per heavy atom. The lowest BCUT2D eigenvalue weighted by atomic mass is 10.0. The second kappa shape index (κ2) is 12.2. The van der Waals surface area contributed by atoms with Crippen LogP contribution in [0.15, 0.2) is 24.3 Å². The lowest BCUT2D eigenvalue weighted by Crippen LogP contribution is -2.50. The molecule has 1 aromatic carbocycles. The van der Waals surface area contributed by atoms with Crippen LogP contribution in [0.25, 0.3) is 0 Å². The highest BCUT2D eigenvalue weighted by Crippen LogP contribution is 2.16. The number of carboxylic acids is 4. The minimum Gasteiger partial charge on any atom is -0.480 e. The molecule has 1 aromatic rings. The van der Waals surface area contributed by atoms with Crippen molar-refractivity contribution in [1.29, 1.82) is 0 Å². The van der Waals surface area contributed by atoms with Crippen LogP contribution in [0.5, 0.6) is 0 Å². The van der Waals surface area contributed by atoms with Crippen molar-refractivity contribution >= 4 is 29.6 Å². The molecule has 0 saturated carbocycles. The smallest absolute Gasteiger partial charge is 0.317 e. The number of carboxylic acid groups (broad SMARTS) is 4. The van der Waals surface area contributed by atoms with Gasteiger partial charge in [-0.15, -0.1) is 0 Å². The van der Waals surface area contributed by atoms with E-state index in [2.05, 4.69) is 0 Å². The molecule has 0 heterocycles. The van der Waals surface area contributed by atoms with Gasteiger partial charge in [-0.2, -0.15) is 0 Å². The number of rotatable bonds is 15. The van der Waals surface area contributed by atoms with Crippen LogP contribution in [0.4, 0.5) is 5.69 Å². The van der Waals surface area contributed by atoms with E-state index in [1.165, 1.54) is 24.3 Å². The first-order valence-corrected chi connectivity index (χ1v) is 9.04. The Labute approximate surface area is 176 Å². The summed E-state index contributed by atoms with van der Waals surface area (Å²) in [4.78, 5) is 57.0. The molecule has 4 N–H and O–H groups in total. The second-order valence-electron chi connectivity index (χ2n) is 6.77. The summed E-state index contributed by atoms with van der Waals surface area (Å²) in [6.07, 6.45) is 0.431. The molecule has 13 nitrogen and oxygen atoms in total. The molecule has 0 bridgehead atoms. The first kappa shape index (κ1) is 25.5. The van der Waals surface area contributed by atoms with E-state index in [1.54, 1.807) is 0 Å². The first-order chi connectivity index (χ1) is 14.5. The minimum atomic E-state index is -1.30. The van der Waals surface area contributed by atoms with Crippen LogP contribution in [-0.4, -0.2) is 97.8 Å². The van der Waals surface area contributed by atoms with Gasteiger partial charge in [-0.1, -0.05) is 12.1 Å². The summed E-state index contributed by atoms with van der Waals surface area (Å²) in [5.74, 6) is -5.19. The lowest BCUT2D eigenvalue weighted by molar-refractivity contribution is -0.384. The number of benzene rings is 1. The Balaban J connectivity index is 3.08. The molecule has 170 valence electrons. The highest BCUT2D eigenvalue weighted by molar-refractivity contribution is 5.73. The molecule has 1 unspecified atom stereocenters. The number of aliphatic carboxylic acids is 4. The van der Waals surface area contributed by atoms with Gasteiger partial charge in [-0.3, -0.25) is 39.1 Å². The van der Waals surface area contributed by atoms with Crippen molar-refractivity contribution in [3.63, 3.8) is 0 Å². The van der Waals surface area contributed by atoms with Crippen molar-refractivity contribution in [2.75, 3.05) is 32.7 Å². The molecule has 13 heteroatoms. The molecule has 0 aliphatic rings. The predicted octanol–water partition coefficient (Wildman–Crippen LogP) is -0.162. The fourth-order valence-corrected chi connectivity index (χ4v) is 3.03. The largest absolute Gasteiger partial charge is 0.480 e. The predicted molar refractivity (Wildman–Crippen MR) is 104 cm³/mol. The first-order valence-electron chi connectivity index (χ1n) is 9.04. The highest BCUT2D eigenvalue weighted by atomic mass is 16.6. The van der Waals surface area contributed by atoms with E-state index in [0.717, 1.165) is 9.80 Å². The SMILES string of the molecule is O=C(O)CN(CC(=O)O)CC(CCc1ccc([N+](=O)[O-])cc1)N(CC(=O)O)CC(=O)O. The van der Waals surface area contributed by atoms with Crippen LogP contribution in [0, 0.1) is 10.1 Å². The molecular formula is C18H23N3O10. The van der Waals surface area contributed by atoms with Crippen LogP contribution < -0.4 is 0 Å². The molecule has 0 aliphatic carbocycles. The van der Waals surface area contributed by atoms with Crippen molar-refractivity contribution < 1.29 is 44.5 Å². The van der Waals surface area contributed by atoms with E-state index in [0.29, 0.717) is 5.56 Å². The van der Waals surface area contributed by atoms with Gasteiger partial charge in [0, 0.05) is 24.7 Å². The topological polar surface area (TPSA) is 199 Å². The Bertz CT molecular complexity index is 779. The van der Waals surface area contributed by atoms with Gasteiger partial charge in [-0.05, 0) is 18.4 Å². The molecule has 0 fully saturated rings. The average molecular weight is 441 g/mol. The maximum Gasteiger partial charge on any atom is 0.317 e. The van der Waals surface area contributed by atoms with Gasteiger partial charge in [0.1, 0.15) is 0 Å². The van der Waals surface area contributed by atoms with Crippen molar-refractivity contribution in [2.24, 2.45) is 0 Å². The summed E-state index contributed by atoms with van der Waals surface area (Å²) in [7, 11) is 0. The van der Waals surface area contributed by atoms with E-state index >= 15 is 0 Å². The number of hydrogen-bond donors (Lipinski definition) is 4. The fourth-order valence-electron chi connectivity index (χ4n) is 3.03. The number of hydrogen-bond acceptors (Lipinski definition) is 8. The summed E-state index contributed by atoms with van der Waals surface area (Å²) in [5, 5.41) is 47.1. The average Bonchev–Trinajstić information content (AvgIpc) is 2.63. The van der Waals surface area contributed by atoms with Crippen molar-refractivity contribution in [3.8, 4) is 0 Å². The monoisotopic (exact) mass is 441 g/mol.